The van der Waals surface area contributed by atoms with Crippen molar-refractivity contribution in [3.8, 4) is 0 Å². The van der Waals surface area contributed by atoms with Crippen molar-refractivity contribution in [3.05, 3.63) is 46.7 Å². The number of carbonyl (C=O) groups is 2. The zero-order valence-electron chi connectivity index (χ0n) is 14.8. The molecular formula is C18H22FN3O3S. The molecule has 0 saturated heterocycles. The lowest BCUT2D eigenvalue weighted by atomic mass is 10.2. The van der Waals surface area contributed by atoms with Crippen molar-refractivity contribution in [2.24, 2.45) is 0 Å². The van der Waals surface area contributed by atoms with Gasteiger partial charge in [-0.25, -0.2) is 9.37 Å². The maximum Gasteiger partial charge on any atom is 0.257 e. The first-order valence-corrected chi connectivity index (χ1v) is 9.21. The number of carbonyl (C=O) groups excluding carboxylic acids is 2. The molecule has 0 fully saturated rings. The number of thiazole rings is 1. The Balaban J connectivity index is 1.75. The fourth-order valence-electron chi connectivity index (χ4n) is 2.06. The molecule has 0 aliphatic heterocycles. The third-order valence-electron chi connectivity index (χ3n) is 3.31. The molecule has 2 rings (SSSR count). The molecule has 26 heavy (non-hydrogen) atoms. The minimum absolute atomic E-state index is 0.128. The van der Waals surface area contributed by atoms with Gasteiger partial charge in [-0.15, -0.1) is 11.3 Å². The van der Waals surface area contributed by atoms with E-state index in [-0.39, 0.29) is 24.3 Å². The van der Waals surface area contributed by atoms with Crippen LogP contribution in [0.25, 0.3) is 0 Å². The van der Waals surface area contributed by atoms with E-state index >= 15 is 0 Å². The second-order valence-electron chi connectivity index (χ2n) is 5.90. The number of nitrogens with zero attached hydrogens (tertiary/aromatic N) is 1. The molecular weight excluding hydrogens is 357 g/mol. The highest BCUT2D eigenvalue weighted by Crippen LogP contribution is 2.17. The molecule has 0 saturated carbocycles. The SMILES string of the molecule is CC(C)OCCCNC(=O)Cc1csc(NC(=O)c2ccc(F)cc2)n1. The van der Waals surface area contributed by atoms with Gasteiger partial charge in [0.05, 0.1) is 18.2 Å². The summed E-state index contributed by atoms with van der Waals surface area (Å²) in [5, 5.41) is 7.57. The molecule has 0 unspecified atom stereocenters. The van der Waals surface area contributed by atoms with Gasteiger partial charge in [0, 0.05) is 24.1 Å². The summed E-state index contributed by atoms with van der Waals surface area (Å²) in [7, 11) is 0. The first-order chi connectivity index (χ1) is 12.4. The van der Waals surface area contributed by atoms with E-state index < -0.39 is 5.82 Å². The van der Waals surface area contributed by atoms with Crippen LogP contribution in [-0.4, -0.2) is 36.1 Å². The van der Waals surface area contributed by atoms with Gasteiger partial charge in [0.2, 0.25) is 5.91 Å². The molecule has 1 heterocycles. The normalized spacial score (nSPS) is 10.8. The number of halogens is 1. The topological polar surface area (TPSA) is 80.3 Å². The van der Waals surface area contributed by atoms with Crippen LogP contribution >= 0.6 is 11.3 Å². The lowest BCUT2D eigenvalue weighted by molar-refractivity contribution is -0.120. The predicted molar refractivity (Wildman–Crippen MR) is 98.9 cm³/mol. The molecule has 2 amide bonds. The lowest BCUT2D eigenvalue weighted by Gasteiger charge is -2.07. The summed E-state index contributed by atoms with van der Waals surface area (Å²) in [6, 6.07) is 5.24. The van der Waals surface area contributed by atoms with Crippen LogP contribution in [0.2, 0.25) is 0 Å². The highest BCUT2D eigenvalue weighted by Gasteiger charge is 2.11. The van der Waals surface area contributed by atoms with Crippen LogP contribution in [0, 0.1) is 5.82 Å². The van der Waals surface area contributed by atoms with Crippen LogP contribution in [-0.2, 0) is 16.0 Å². The molecule has 0 radical (unpaired) electrons. The average Bonchev–Trinajstić information content (AvgIpc) is 3.01. The zero-order chi connectivity index (χ0) is 18.9. The monoisotopic (exact) mass is 379 g/mol. The number of hydrogen-bond acceptors (Lipinski definition) is 5. The molecule has 0 atom stereocenters. The molecule has 0 spiro atoms. The molecule has 140 valence electrons. The van der Waals surface area contributed by atoms with Crippen LogP contribution in [0.5, 0.6) is 0 Å². The lowest BCUT2D eigenvalue weighted by Crippen LogP contribution is -2.27. The average molecular weight is 379 g/mol. The standard InChI is InChI=1S/C18H22FN3O3S/c1-12(2)25-9-3-8-20-16(23)10-15-11-26-18(21-15)22-17(24)13-4-6-14(19)7-5-13/h4-7,11-12H,3,8-10H2,1-2H3,(H,20,23)(H,21,22,24). The van der Waals surface area contributed by atoms with Gasteiger partial charge in [0.25, 0.3) is 5.91 Å². The molecule has 0 aliphatic carbocycles. The van der Waals surface area contributed by atoms with E-state index in [1.54, 1.807) is 5.38 Å². The second kappa shape index (κ2) is 9.98. The Morgan fingerprint density at radius 3 is 2.69 bits per heavy atom. The number of aromatic nitrogens is 1. The Hall–Kier alpha value is -2.32. The van der Waals surface area contributed by atoms with Gasteiger partial charge in [-0.1, -0.05) is 0 Å². The predicted octanol–water partition coefficient (Wildman–Crippen LogP) is 3.01. The molecule has 6 nitrogen and oxygen atoms in total. The summed E-state index contributed by atoms with van der Waals surface area (Å²) in [5.41, 5.74) is 0.921. The van der Waals surface area contributed by atoms with E-state index in [1.165, 1.54) is 35.6 Å². The van der Waals surface area contributed by atoms with Crippen molar-refractivity contribution in [2.75, 3.05) is 18.5 Å². The van der Waals surface area contributed by atoms with E-state index in [1.807, 2.05) is 13.8 Å². The Labute approximate surface area is 155 Å². The number of benzene rings is 1. The molecule has 2 aromatic rings. The molecule has 1 aromatic heterocycles. The zero-order valence-corrected chi connectivity index (χ0v) is 15.6. The van der Waals surface area contributed by atoms with Crippen molar-refractivity contribution in [3.63, 3.8) is 0 Å². The fraction of sp³-hybridized carbons (Fsp3) is 0.389. The largest absolute Gasteiger partial charge is 0.379 e. The van der Waals surface area contributed by atoms with E-state index in [9.17, 15) is 14.0 Å². The van der Waals surface area contributed by atoms with Gasteiger partial charge in [0.15, 0.2) is 5.13 Å². The fourth-order valence-corrected chi connectivity index (χ4v) is 2.77. The summed E-state index contributed by atoms with van der Waals surface area (Å²) in [6.45, 7) is 5.08. The quantitative estimate of drug-likeness (QED) is 0.657. The molecule has 0 bridgehead atoms. The number of anilines is 1. The van der Waals surface area contributed by atoms with Crippen molar-refractivity contribution in [1.29, 1.82) is 0 Å². The summed E-state index contributed by atoms with van der Waals surface area (Å²) in [5.74, 6) is -0.906. The Morgan fingerprint density at radius 2 is 2.00 bits per heavy atom. The minimum atomic E-state index is -0.403. The van der Waals surface area contributed by atoms with Crippen LogP contribution in [0.3, 0.4) is 0 Å². The van der Waals surface area contributed by atoms with Gasteiger partial charge in [-0.3, -0.25) is 14.9 Å². The summed E-state index contributed by atoms with van der Waals surface area (Å²) >= 11 is 1.24. The van der Waals surface area contributed by atoms with Crippen molar-refractivity contribution < 1.29 is 18.7 Å². The maximum absolute atomic E-state index is 12.9. The number of amides is 2. The highest BCUT2D eigenvalue weighted by atomic mass is 32.1. The Bertz CT molecular complexity index is 732. The summed E-state index contributed by atoms with van der Waals surface area (Å²) < 4.78 is 18.3. The van der Waals surface area contributed by atoms with Gasteiger partial charge in [0.1, 0.15) is 5.82 Å². The minimum Gasteiger partial charge on any atom is -0.379 e. The molecule has 8 heteroatoms. The number of rotatable bonds is 9. The number of hydrogen-bond donors (Lipinski definition) is 2. The number of ether oxygens (including phenoxy) is 1. The third-order valence-corrected chi connectivity index (χ3v) is 4.12. The van der Waals surface area contributed by atoms with Crippen LogP contribution in [0.1, 0.15) is 36.3 Å². The number of nitrogens with one attached hydrogen (secondary N) is 2. The second-order valence-corrected chi connectivity index (χ2v) is 6.76. The van der Waals surface area contributed by atoms with Gasteiger partial charge in [-0.2, -0.15) is 0 Å². The molecule has 2 N–H and O–H groups in total. The highest BCUT2D eigenvalue weighted by molar-refractivity contribution is 7.14. The first-order valence-electron chi connectivity index (χ1n) is 8.33. The first kappa shape index (κ1) is 20.0. The molecule has 1 aromatic carbocycles. The van der Waals surface area contributed by atoms with E-state index in [4.69, 9.17) is 4.74 Å². The van der Waals surface area contributed by atoms with E-state index in [0.717, 1.165) is 6.42 Å². The van der Waals surface area contributed by atoms with E-state index in [0.29, 0.717) is 29.5 Å². The van der Waals surface area contributed by atoms with Crippen LogP contribution in [0.4, 0.5) is 9.52 Å². The van der Waals surface area contributed by atoms with Gasteiger partial charge < -0.3 is 10.1 Å². The van der Waals surface area contributed by atoms with Crippen molar-refractivity contribution in [2.45, 2.75) is 32.8 Å². The van der Waals surface area contributed by atoms with Crippen molar-refractivity contribution >= 4 is 28.3 Å². The summed E-state index contributed by atoms with van der Waals surface area (Å²) in [4.78, 5) is 28.2. The third kappa shape index (κ3) is 6.89. The van der Waals surface area contributed by atoms with Crippen LogP contribution in [0.15, 0.2) is 29.6 Å². The Morgan fingerprint density at radius 1 is 1.27 bits per heavy atom. The maximum atomic E-state index is 12.9. The van der Waals surface area contributed by atoms with Crippen LogP contribution < -0.4 is 10.6 Å². The Kier molecular flexibility index (Phi) is 7.68. The van der Waals surface area contributed by atoms with Crippen molar-refractivity contribution in [1.82, 2.24) is 10.3 Å². The molecule has 0 aliphatic rings. The van der Waals surface area contributed by atoms with Gasteiger partial charge in [-0.05, 0) is 44.5 Å². The summed E-state index contributed by atoms with van der Waals surface area (Å²) in [6.07, 6.45) is 1.08. The van der Waals surface area contributed by atoms with E-state index in [2.05, 4.69) is 15.6 Å². The smallest absolute Gasteiger partial charge is 0.257 e. The van der Waals surface area contributed by atoms with Gasteiger partial charge >= 0.3 is 0 Å².